The van der Waals surface area contributed by atoms with Crippen LogP contribution in [-0.4, -0.2) is 58.7 Å². The number of halogens is 3. The largest absolute Gasteiger partial charge is 0.573 e. The number of ether oxygens (including phenoxy) is 3. The van der Waals surface area contributed by atoms with Crippen molar-refractivity contribution in [2.24, 2.45) is 0 Å². The molecular weight excluding hydrogens is 557 g/mol. The summed E-state index contributed by atoms with van der Waals surface area (Å²) in [7, 11) is 1.28. The number of benzene rings is 1. The van der Waals surface area contributed by atoms with E-state index in [0.29, 0.717) is 30.0 Å². The van der Waals surface area contributed by atoms with E-state index >= 15 is 0 Å². The molecule has 3 aliphatic rings. The average Bonchev–Trinajstić information content (AvgIpc) is 3.66. The van der Waals surface area contributed by atoms with Gasteiger partial charge in [-0.3, -0.25) is 5.32 Å². The highest BCUT2D eigenvalue weighted by Crippen LogP contribution is 2.46. The number of aromatic nitrogens is 2. The van der Waals surface area contributed by atoms with Crippen molar-refractivity contribution in [2.45, 2.75) is 75.6 Å². The van der Waals surface area contributed by atoms with Gasteiger partial charge in [-0.05, 0) is 62.8 Å². The Morgan fingerprint density at radius 1 is 1.07 bits per heavy atom. The van der Waals surface area contributed by atoms with E-state index in [1.807, 2.05) is 4.90 Å². The van der Waals surface area contributed by atoms with Crippen LogP contribution in [0.3, 0.4) is 0 Å². The maximum atomic E-state index is 13.1. The molecule has 0 spiro atoms. The molecule has 13 heteroatoms. The lowest BCUT2D eigenvalue weighted by Gasteiger charge is -2.38. The number of nitrogens with one attached hydrogen (secondary N) is 1. The fraction of sp³-hybridized carbons (Fsp3) is 0.448. The van der Waals surface area contributed by atoms with Gasteiger partial charge in [-0.1, -0.05) is 17.3 Å². The molecule has 1 aromatic carbocycles. The third-order valence-corrected chi connectivity index (χ3v) is 7.94. The van der Waals surface area contributed by atoms with Crippen molar-refractivity contribution in [3.8, 4) is 17.0 Å². The van der Waals surface area contributed by atoms with Gasteiger partial charge in [0, 0.05) is 35.3 Å². The number of hydrogen-bond acceptors (Lipinski definition) is 8. The molecule has 2 aliphatic heterocycles. The Hall–Kier alpha value is -4.13. The highest BCUT2D eigenvalue weighted by atomic mass is 19.4. The minimum atomic E-state index is -4.85. The highest BCUT2D eigenvalue weighted by Gasteiger charge is 2.44. The van der Waals surface area contributed by atoms with Crippen molar-refractivity contribution in [1.82, 2.24) is 15.0 Å². The van der Waals surface area contributed by atoms with Gasteiger partial charge in [0.05, 0.1) is 25.4 Å². The van der Waals surface area contributed by atoms with Crippen LogP contribution in [-0.2, 0) is 16.1 Å². The summed E-state index contributed by atoms with van der Waals surface area (Å²) in [6.07, 6.45) is 1.08. The molecule has 2 unspecified atom stereocenters. The fourth-order valence-corrected chi connectivity index (χ4v) is 5.89. The van der Waals surface area contributed by atoms with Crippen molar-refractivity contribution in [1.29, 1.82) is 0 Å². The van der Waals surface area contributed by atoms with E-state index in [1.165, 1.54) is 37.6 Å². The number of para-hydroxylation sites is 1. The van der Waals surface area contributed by atoms with E-state index in [-0.39, 0.29) is 59.3 Å². The van der Waals surface area contributed by atoms with Gasteiger partial charge in [0.15, 0.2) is 0 Å². The number of amides is 2. The lowest BCUT2D eigenvalue weighted by molar-refractivity contribution is -0.274. The molecule has 0 radical (unpaired) electrons. The molecule has 2 atom stereocenters. The topological polar surface area (TPSA) is 116 Å². The number of pyridine rings is 1. The summed E-state index contributed by atoms with van der Waals surface area (Å²) >= 11 is 0. The van der Waals surface area contributed by atoms with Crippen LogP contribution < -0.4 is 10.1 Å². The summed E-state index contributed by atoms with van der Waals surface area (Å²) in [5.41, 5.74) is 1.38. The second kappa shape index (κ2) is 11.3. The first-order valence-corrected chi connectivity index (χ1v) is 13.8. The molecule has 3 fully saturated rings. The zero-order valence-electron chi connectivity index (χ0n) is 22.7. The molecule has 2 amide bonds. The van der Waals surface area contributed by atoms with Gasteiger partial charge in [0.1, 0.15) is 23.0 Å². The summed E-state index contributed by atoms with van der Waals surface area (Å²) in [5, 5.41) is 6.95. The molecule has 2 aromatic heterocycles. The van der Waals surface area contributed by atoms with Gasteiger partial charge in [-0.2, -0.15) is 0 Å². The fourth-order valence-electron chi connectivity index (χ4n) is 5.89. The average molecular weight is 587 g/mol. The summed E-state index contributed by atoms with van der Waals surface area (Å²) in [4.78, 5) is 30.8. The monoisotopic (exact) mass is 586 g/mol. The van der Waals surface area contributed by atoms with Gasteiger partial charge >= 0.3 is 18.4 Å². The summed E-state index contributed by atoms with van der Waals surface area (Å²) in [6, 6.07) is 8.61. The van der Waals surface area contributed by atoms with Gasteiger partial charge in [0.25, 0.3) is 0 Å². The number of carbonyl (C=O) groups is 2. The number of methoxy groups -OCH3 is 1. The van der Waals surface area contributed by atoms with E-state index in [0.717, 1.165) is 25.7 Å². The zero-order chi connectivity index (χ0) is 29.4. The number of urea groups is 1. The van der Waals surface area contributed by atoms with E-state index in [4.69, 9.17) is 9.26 Å². The molecule has 6 rings (SSSR count). The molecular formula is C29H29F3N4O6. The van der Waals surface area contributed by atoms with E-state index in [9.17, 15) is 22.8 Å². The Balaban J connectivity index is 1.13. The number of anilines is 1. The van der Waals surface area contributed by atoms with Gasteiger partial charge in [-0.25, -0.2) is 14.6 Å². The van der Waals surface area contributed by atoms with Gasteiger partial charge < -0.3 is 23.6 Å². The standard InChI is InChI=1S/C29H29F3N4O6/c1-39-27(37)17-8-11-24(33-14-17)34-28(38)36-18-9-10-19(36)13-20(12-18)40-15-22-25(35-42-26(22)16-6-7-16)21-4-2-3-5-23(21)41-29(30,31)32/h2-5,8,11,14,16,18-20H,6-7,9-10,12-13,15H2,1H3,(H,33,34,38). The van der Waals surface area contributed by atoms with Crippen LogP contribution in [0.4, 0.5) is 23.8 Å². The summed E-state index contributed by atoms with van der Waals surface area (Å²) in [6.45, 7) is 0.123. The molecule has 2 saturated heterocycles. The first-order chi connectivity index (χ1) is 20.2. The Morgan fingerprint density at radius 3 is 2.45 bits per heavy atom. The van der Waals surface area contributed by atoms with Crippen molar-refractivity contribution < 1.29 is 41.5 Å². The van der Waals surface area contributed by atoms with Crippen LogP contribution in [0.15, 0.2) is 47.1 Å². The predicted octanol–water partition coefficient (Wildman–Crippen LogP) is 6.04. The first-order valence-electron chi connectivity index (χ1n) is 13.8. The normalized spacial score (nSPS) is 21.7. The first kappa shape index (κ1) is 28.0. The van der Waals surface area contributed by atoms with E-state index in [1.54, 1.807) is 12.1 Å². The number of nitrogens with zero attached hydrogens (tertiary/aromatic N) is 3. The van der Waals surface area contributed by atoms with Crippen molar-refractivity contribution in [2.75, 3.05) is 12.4 Å². The third kappa shape index (κ3) is 5.91. The quantitative estimate of drug-likeness (QED) is 0.318. The molecule has 3 aromatic rings. The Labute approximate surface area is 239 Å². The number of hydrogen-bond donors (Lipinski definition) is 1. The van der Waals surface area contributed by atoms with Crippen LogP contribution in [0, 0.1) is 0 Å². The van der Waals surface area contributed by atoms with Crippen molar-refractivity contribution in [3.05, 3.63) is 59.5 Å². The molecule has 222 valence electrons. The Bertz CT molecular complexity index is 1440. The van der Waals surface area contributed by atoms with Crippen LogP contribution in [0.1, 0.15) is 66.1 Å². The second-order valence-corrected chi connectivity index (χ2v) is 10.7. The summed E-state index contributed by atoms with van der Waals surface area (Å²) < 4.78 is 60.1. The molecule has 4 heterocycles. The van der Waals surface area contributed by atoms with Crippen molar-refractivity contribution >= 4 is 17.8 Å². The third-order valence-electron chi connectivity index (χ3n) is 7.94. The Kier molecular flexibility index (Phi) is 7.52. The lowest BCUT2D eigenvalue weighted by atomic mass is 9.99. The van der Waals surface area contributed by atoms with E-state index in [2.05, 4.69) is 24.9 Å². The lowest BCUT2D eigenvalue weighted by Crippen LogP contribution is -2.50. The minimum Gasteiger partial charge on any atom is -0.465 e. The van der Waals surface area contributed by atoms with Gasteiger partial charge in [-0.15, -0.1) is 13.2 Å². The highest BCUT2D eigenvalue weighted by molar-refractivity contribution is 5.91. The number of carbonyl (C=O) groups excluding carboxylic acids is 2. The number of alkyl halides is 3. The Morgan fingerprint density at radius 2 is 1.81 bits per heavy atom. The van der Waals surface area contributed by atoms with Crippen LogP contribution >= 0.6 is 0 Å². The molecule has 1 N–H and O–H groups in total. The van der Waals surface area contributed by atoms with Crippen LogP contribution in [0.5, 0.6) is 5.75 Å². The zero-order valence-corrected chi connectivity index (χ0v) is 22.7. The molecule has 42 heavy (non-hydrogen) atoms. The smallest absolute Gasteiger partial charge is 0.465 e. The molecule has 1 aliphatic carbocycles. The van der Waals surface area contributed by atoms with Crippen LogP contribution in [0.2, 0.25) is 0 Å². The summed E-state index contributed by atoms with van der Waals surface area (Å²) in [5.74, 6) is 0.262. The van der Waals surface area contributed by atoms with Crippen LogP contribution in [0.25, 0.3) is 11.3 Å². The maximum Gasteiger partial charge on any atom is 0.573 e. The number of esters is 1. The maximum absolute atomic E-state index is 13.1. The van der Waals surface area contributed by atoms with E-state index < -0.39 is 12.3 Å². The number of rotatable bonds is 8. The van der Waals surface area contributed by atoms with Gasteiger partial charge in [0.2, 0.25) is 0 Å². The predicted molar refractivity (Wildman–Crippen MR) is 142 cm³/mol. The number of fused-ring (bicyclic) bond motifs is 2. The SMILES string of the molecule is COC(=O)c1ccc(NC(=O)N2C3CCC2CC(OCc2c(-c4ccccc4OC(F)(F)F)noc2C2CC2)C3)nc1. The number of piperidine rings is 1. The van der Waals surface area contributed by atoms with Crippen molar-refractivity contribution in [3.63, 3.8) is 0 Å². The minimum absolute atomic E-state index is 0.0335. The molecule has 10 nitrogen and oxygen atoms in total. The molecule has 1 saturated carbocycles. The second-order valence-electron chi connectivity index (χ2n) is 10.7. The molecule has 2 bridgehead atoms.